The number of pyridine rings is 1. The van der Waals surface area contributed by atoms with Crippen LogP contribution in [0.3, 0.4) is 0 Å². The lowest BCUT2D eigenvalue weighted by Gasteiger charge is -2.18. The minimum absolute atomic E-state index is 0.0286. The number of likely N-dealkylation sites (tertiary alicyclic amines) is 1. The zero-order chi connectivity index (χ0) is 12.7. The topological polar surface area (TPSA) is 59.2 Å². The van der Waals surface area contributed by atoms with Gasteiger partial charge in [-0.15, -0.1) is 0 Å². The van der Waals surface area contributed by atoms with Gasteiger partial charge in [-0.05, 0) is 36.8 Å². The van der Waals surface area contributed by atoms with Crippen LogP contribution in [0.2, 0.25) is 5.02 Å². The summed E-state index contributed by atoms with van der Waals surface area (Å²) in [5, 5.41) is 0.546. The Bertz CT molecular complexity index is 479. The van der Waals surface area contributed by atoms with Crippen LogP contribution in [-0.4, -0.2) is 34.9 Å². The summed E-state index contributed by atoms with van der Waals surface area (Å²) in [6.07, 6.45) is 3.80. The van der Waals surface area contributed by atoms with Crippen molar-refractivity contribution >= 4 is 17.5 Å². The van der Waals surface area contributed by atoms with Crippen molar-refractivity contribution in [2.75, 3.05) is 13.1 Å². The van der Waals surface area contributed by atoms with Gasteiger partial charge in [-0.25, -0.2) is 0 Å². The van der Waals surface area contributed by atoms with Crippen LogP contribution in [0, 0.1) is 11.8 Å². The van der Waals surface area contributed by atoms with Crippen LogP contribution < -0.4 is 5.73 Å². The SMILES string of the molecule is N[C@@H]1CC[C@H]2CN(C(=O)c3cc(Cl)ccn3)C[C@@H]21. The molecule has 0 aromatic carbocycles. The first-order valence-electron chi connectivity index (χ1n) is 6.31. The highest BCUT2D eigenvalue weighted by molar-refractivity contribution is 6.30. The van der Waals surface area contributed by atoms with Crippen molar-refractivity contribution in [2.45, 2.75) is 18.9 Å². The molecule has 2 aliphatic rings. The van der Waals surface area contributed by atoms with Gasteiger partial charge in [0.25, 0.3) is 5.91 Å². The van der Waals surface area contributed by atoms with E-state index in [0.717, 1.165) is 25.9 Å². The van der Waals surface area contributed by atoms with Gasteiger partial charge in [0.05, 0.1) is 0 Å². The van der Waals surface area contributed by atoms with Crippen LogP contribution in [0.5, 0.6) is 0 Å². The fourth-order valence-corrected chi connectivity index (χ4v) is 3.32. The second kappa shape index (κ2) is 4.52. The van der Waals surface area contributed by atoms with Crippen molar-refractivity contribution in [1.29, 1.82) is 0 Å². The molecule has 3 atom stereocenters. The van der Waals surface area contributed by atoms with Crippen LogP contribution in [-0.2, 0) is 0 Å². The summed E-state index contributed by atoms with van der Waals surface area (Å²) in [7, 11) is 0. The number of amides is 1. The third-order valence-electron chi connectivity index (χ3n) is 4.14. The highest BCUT2D eigenvalue weighted by Gasteiger charge is 2.42. The minimum Gasteiger partial charge on any atom is -0.337 e. The molecule has 0 bridgehead atoms. The Labute approximate surface area is 111 Å². The Hall–Kier alpha value is -1.13. The number of nitrogens with zero attached hydrogens (tertiary/aromatic N) is 2. The molecule has 96 valence electrons. The van der Waals surface area contributed by atoms with E-state index in [0.29, 0.717) is 22.6 Å². The maximum absolute atomic E-state index is 12.3. The van der Waals surface area contributed by atoms with Crippen LogP contribution in [0.15, 0.2) is 18.3 Å². The molecule has 2 heterocycles. The average Bonchev–Trinajstić information content (AvgIpc) is 2.91. The summed E-state index contributed by atoms with van der Waals surface area (Å²) in [4.78, 5) is 18.3. The van der Waals surface area contributed by atoms with Gasteiger partial charge in [-0.3, -0.25) is 9.78 Å². The summed E-state index contributed by atoms with van der Waals surface area (Å²) in [6, 6.07) is 3.55. The maximum atomic E-state index is 12.3. The van der Waals surface area contributed by atoms with Gasteiger partial charge >= 0.3 is 0 Å². The van der Waals surface area contributed by atoms with Crippen molar-refractivity contribution in [1.82, 2.24) is 9.88 Å². The third kappa shape index (κ3) is 1.99. The smallest absolute Gasteiger partial charge is 0.272 e. The first-order chi connectivity index (χ1) is 8.65. The predicted molar refractivity (Wildman–Crippen MR) is 69.3 cm³/mol. The standard InChI is InChI=1S/C13H16ClN3O/c14-9-3-4-16-12(5-9)13(18)17-6-8-1-2-11(15)10(8)7-17/h3-5,8,10-11H,1-2,6-7,15H2/t8-,10-,11+/m0/s1. The molecule has 2 N–H and O–H groups in total. The maximum Gasteiger partial charge on any atom is 0.272 e. The number of rotatable bonds is 1. The number of halogens is 1. The Balaban J connectivity index is 1.75. The zero-order valence-electron chi connectivity index (χ0n) is 10.1. The highest BCUT2D eigenvalue weighted by atomic mass is 35.5. The number of carbonyl (C=O) groups excluding carboxylic acids is 1. The first kappa shape index (κ1) is 11.9. The van der Waals surface area contributed by atoms with E-state index < -0.39 is 0 Å². The van der Waals surface area contributed by atoms with E-state index in [2.05, 4.69) is 4.98 Å². The molecule has 0 unspecified atom stereocenters. The van der Waals surface area contributed by atoms with Gasteiger partial charge in [0.1, 0.15) is 5.69 Å². The molecule has 1 aliphatic heterocycles. The second-order valence-electron chi connectivity index (χ2n) is 5.23. The van der Waals surface area contributed by atoms with Crippen LogP contribution in [0.4, 0.5) is 0 Å². The number of fused-ring (bicyclic) bond motifs is 1. The molecule has 1 saturated carbocycles. The molecule has 1 aliphatic carbocycles. The number of hydrogen-bond donors (Lipinski definition) is 1. The monoisotopic (exact) mass is 265 g/mol. The molecule has 1 amide bonds. The fourth-order valence-electron chi connectivity index (χ4n) is 3.16. The Morgan fingerprint density at radius 1 is 1.44 bits per heavy atom. The fraction of sp³-hybridized carbons (Fsp3) is 0.538. The minimum atomic E-state index is -0.0286. The quantitative estimate of drug-likeness (QED) is 0.838. The third-order valence-corrected chi connectivity index (χ3v) is 4.38. The van der Waals surface area contributed by atoms with Gasteiger partial charge in [0, 0.05) is 30.4 Å². The Morgan fingerprint density at radius 2 is 2.28 bits per heavy atom. The van der Waals surface area contributed by atoms with E-state index in [4.69, 9.17) is 17.3 Å². The Kier molecular flexibility index (Phi) is 2.99. The molecule has 1 aromatic heterocycles. The molecule has 18 heavy (non-hydrogen) atoms. The molecular weight excluding hydrogens is 250 g/mol. The zero-order valence-corrected chi connectivity index (χ0v) is 10.8. The lowest BCUT2D eigenvalue weighted by Crippen LogP contribution is -2.33. The largest absolute Gasteiger partial charge is 0.337 e. The van der Waals surface area contributed by atoms with Crippen LogP contribution in [0.25, 0.3) is 0 Å². The molecule has 3 rings (SSSR count). The van der Waals surface area contributed by atoms with E-state index >= 15 is 0 Å². The number of nitrogens with two attached hydrogens (primary N) is 1. The Morgan fingerprint density at radius 3 is 3.00 bits per heavy atom. The normalized spacial score (nSPS) is 30.6. The van der Waals surface area contributed by atoms with E-state index in [9.17, 15) is 4.79 Å². The summed E-state index contributed by atoms with van der Waals surface area (Å²) in [6.45, 7) is 1.57. The summed E-state index contributed by atoms with van der Waals surface area (Å²) < 4.78 is 0. The molecule has 0 spiro atoms. The lowest BCUT2D eigenvalue weighted by atomic mass is 9.98. The molecular formula is C13H16ClN3O. The predicted octanol–water partition coefficient (Wildman–Crippen LogP) is 1.54. The van der Waals surface area contributed by atoms with Gasteiger partial charge in [-0.1, -0.05) is 11.6 Å². The van der Waals surface area contributed by atoms with E-state index in [-0.39, 0.29) is 11.9 Å². The first-order valence-corrected chi connectivity index (χ1v) is 6.69. The number of carbonyl (C=O) groups is 1. The average molecular weight is 266 g/mol. The van der Waals surface area contributed by atoms with Gasteiger partial charge < -0.3 is 10.6 Å². The van der Waals surface area contributed by atoms with Gasteiger partial charge in [0.15, 0.2) is 0 Å². The molecule has 2 fully saturated rings. The van der Waals surface area contributed by atoms with E-state index in [1.54, 1.807) is 18.3 Å². The lowest BCUT2D eigenvalue weighted by molar-refractivity contribution is 0.0774. The van der Waals surface area contributed by atoms with E-state index in [1.165, 1.54) is 0 Å². The molecule has 4 nitrogen and oxygen atoms in total. The van der Waals surface area contributed by atoms with E-state index in [1.807, 2.05) is 4.90 Å². The number of hydrogen-bond acceptors (Lipinski definition) is 3. The van der Waals surface area contributed by atoms with Crippen LogP contribution >= 0.6 is 11.6 Å². The van der Waals surface area contributed by atoms with Gasteiger partial charge in [-0.2, -0.15) is 0 Å². The van der Waals surface area contributed by atoms with Crippen molar-refractivity contribution in [3.05, 3.63) is 29.0 Å². The van der Waals surface area contributed by atoms with Gasteiger partial charge in [0.2, 0.25) is 0 Å². The number of aromatic nitrogens is 1. The molecule has 1 saturated heterocycles. The van der Waals surface area contributed by atoms with Crippen molar-refractivity contribution in [2.24, 2.45) is 17.6 Å². The molecule has 0 radical (unpaired) electrons. The van der Waals surface area contributed by atoms with Crippen LogP contribution in [0.1, 0.15) is 23.3 Å². The van der Waals surface area contributed by atoms with Crippen molar-refractivity contribution in [3.63, 3.8) is 0 Å². The van der Waals surface area contributed by atoms with Crippen molar-refractivity contribution < 1.29 is 4.79 Å². The molecule has 5 heteroatoms. The van der Waals surface area contributed by atoms with Crippen molar-refractivity contribution in [3.8, 4) is 0 Å². The summed E-state index contributed by atoms with van der Waals surface area (Å²) in [5.41, 5.74) is 6.50. The molecule has 1 aromatic rings. The second-order valence-corrected chi connectivity index (χ2v) is 5.67. The summed E-state index contributed by atoms with van der Waals surface area (Å²) >= 11 is 5.88. The summed E-state index contributed by atoms with van der Waals surface area (Å²) in [5.74, 6) is 1.01. The highest BCUT2D eigenvalue weighted by Crippen LogP contribution is 2.37.